The summed E-state index contributed by atoms with van der Waals surface area (Å²) in [5.41, 5.74) is 0. The van der Waals surface area contributed by atoms with Crippen LogP contribution in [-0.4, -0.2) is 28.7 Å². The summed E-state index contributed by atoms with van der Waals surface area (Å²) in [5, 5.41) is 13.2. The molecule has 2 N–H and O–H groups in total. The number of rotatable bonds is 4. The maximum atomic E-state index is 11.3. The smallest absolute Gasteiger partial charge is 0.239 e. The van der Waals surface area contributed by atoms with Crippen molar-refractivity contribution >= 4 is 23.3 Å². The molecule has 0 fully saturated rings. The third-order valence-electron chi connectivity index (χ3n) is 1.57. The first-order valence-electron chi connectivity index (χ1n) is 4.60. The van der Waals surface area contributed by atoms with Gasteiger partial charge >= 0.3 is 0 Å². The number of hydrogen-bond donors (Lipinski definition) is 2. The van der Waals surface area contributed by atoms with Gasteiger partial charge in [-0.3, -0.25) is 4.79 Å². The minimum atomic E-state index is -0.152. The topological polar surface area (TPSA) is 66.9 Å². The van der Waals surface area contributed by atoms with E-state index in [0.29, 0.717) is 11.0 Å². The molecule has 15 heavy (non-hydrogen) atoms. The summed E-state index contributed by atoms with van der Waals surface area (Å²) in [5.74, 6) is 0.246. The zero-order chi connectivity index (χ0) is 11.3. The van der Waals surface area contributed by atoms with E-state index in [9.17, 15) is 4.79 Å². The number of nitrogens with zero attached hydrogens (tertiary/aromatic N) is 2. The number of hydrogen-bond acceptors (Lipinski definition) is 4. The van der Waals surface area contributed by atoms with Gasteiger partial charge in [-0.05, 0) is 12.1 Å². The highest BCUT2D eigenvalue weighted by atomic mass is 35.5. The van der Waals surface area contributed by atoms with Crippen LogP contribution in [0.1, 0.15) is 13.8 Å². The van der Waals surface area contributed by atoms with Crippen molar-refractivity contribution in [2.45, 2.75) is 19.9 Å². The average Bonchev–Trinajstić information content (AvgIpc) is 2.19. The largest absolute Gasteiger partial charge is 0.308 e. The molecule has 0 saturated heterocycles. The highest BCUT2D eigenvalue weighted by Crippen LogP contribution is 2.05. The van der Waals surface area contributed by atoms with E-state index in [1.807, 2.05) is 13.8 Å². The van der Waals surface area contributed by atoms with Crippen molar-refractivity contribution in [1.29, 1.82) is 0 Å². The van der Waals surface area contributed by atoms with Crippen molar-refractivity contribution in [2.24, 2.45) is 0 Å². The number of carbonyl (C=O) groups excluding carboxylic acids is 1. The molecular weight excluding hydrogens is 216 g/mol. The van der Waals surface area contributed by atoms with E-state index in [0.717, 1.165) is 0 Å². The second kappa shape index (κ2) is 5.63. The van der Waals surface area contributed by atoms with Crippen molar-refractivity contribution in [3.63, 3.8) is 0 Å². The molecule has 1 aromatic rings. The summed E-state index contributed by atoms with van der Waals surface area (Å²) in [6.07, 6.45) is 0. The molecule has 0 unspecified atom stereocenters. The highest BCUT2D eigenvalue weighted by molar-refractivity contribution is 6.29. The van der Waals surface area contributed by atoms with Crippen molar-refractivity contribution in [1.82, 2.24) is 15.5 Å². The van der Waals surface area contributed by atoms with E-state index in [2.05, 4.69) is 20.8 Å². The lowest BCUT2D eigenvalue weighted by molar-refractivity contribution is -0.115. The van der Waals surface area contributed by atoms with Crippen LogP contribution in [0.5, 0.6) is 0 Å². The van der Waals surface area contributed by atoms with Gasteiger partial charge in [0.25, 0.3) is 0 Å². The van der Waals surface area contributed by atoms with Gasteiger partial charge in [-0.2, -0.15) is 0 Å². The van der Waals surface area contributed by atoms with Crippen LogP contribution in [0.3, 0.4) is 0 Å². The van der Waals surface area contributed by atoms with E-state index in [4.69, 9.17) is 11.6 Å². The van der Waals surface area contributed by atoms with Gasteiger partial charge in [-0.15, -0.1) is 10.2 Å². The van der Waals surface area contributed by atoms with Crippen molar-refractivity contribution < 1.29 is 4.79 Å². The van der Waals surface area contributed by atoms with Gasteiger partial charge in [0.15, 0.2) is 11.0 Å². The van der Waals surface area contributed by atoms with Crippen molar-refractivity contribution in [2.75, 3.05) is 11.9 Å². The third kappa shape index (κ3) is 4.71. The van der Waals surface area contributed by atoms with Crippen molar-refractivity contribution in [3.05, 3.63) is 17.3 Å². The number of aromatic nitrogens is 2. The average molecular weight is 229 g/mol. The number of anilines is 1. The molecule has 1 aromatic heterocycles. The van der Waals surface area contributed by atoms with E-state index < -0.39 is 0 Å². The SMILES string of the molecule is CC(C)NCC(=O)Nc1ccc(Cl)nn1. The Kier molecular flexibility index (Phi) is 4.45. The molecular formula is C9H13ClN4O. The molecule has 0 atom stereocenters. The first kappa shape index (κ1) is 11.9. The van der Waals surface area contributed by atoms with Crippen LogP contribution in [0, 0.1) is 0 Å². The lowest BCUT2D eigenvalue weighted by Crippen LogP contribution is -2.32. The Hall–Kier alpha value is -1.20. The molecule has 5 nitrogen and oxygen atoms in total. The maximum Gasteiger partial charge on any atom is 0.239 e. The van der Waals surface area contributed by atoms with Crippen molar-refractivity contribution in [3.8, 4) is 0 Å². The molecule has 0 saturated carbocycles. The Morgan fingerprint density at radius 2 is 2.20 bits per heavy atom. The fourth-order valence-corrected chi connectivity index (χ4v) is 0.967. The van der Waals surface area contributed by atoms with E-state index >= 15 is 0 Å². The lowest BCUT2D eigenvalue weighted by Gasteiger charge is -2.07. The summed E-state index contributed by atoms with van der Waals surface area (Å²) in [6.45, 7) is 4.19. The summed E-state index contributed by atoms with van der Waals surface area (Å²) in [6, 6.07) is 3.44. The molecule has 6 heteroatoms. The van der Waals surface area contributed by atoms with Crippen LogP contribution in [-0.2, 0) is 4.79 Å². The van der Waals surface area contributed by atoms with Crippen LogP contribution < -0.4 is 10.6 Å². The Balaban J connectivity index is 2.41. The second-order valence-electron chi connectivity index (χ2n) is 3.33. The molecule has 0 aromatic carbocycles. The number of carbonyl (C=O) groups is 1. The van der Waals surface area contributed by atoms with Crippen LogP contribution in [0.25, 0.3) is 0 Å². The zero-order valence-corrected chi connectivity index (χ0v) is 9.38. The van der Waals surface area contributed by atoms with Gasteiger partial charge in [-0.1, -0.05) is 25.4 Å². The van der Waals surface area contributed by atoms with E-state index in [1.165, 1.54) is 0 Å². The molecule has 0 radical (unpaired) electrons. The van der Waals surface area contributed by atoms with Crippen LogP contribution >= 0.6 is 11.6 Å². The first-order chi connectivity index (χ1) is 7.08. The predicted molar refractivity (Wildman–Crippen MR) is 58.8 cm³/mol. The Morgan fingerprint density at radius 3 is 2.73 bits per heavy atom. The molecule has 0 bridgehead atoms. The summed E-state index contributed by atoms with van der Waals surface area (Å²) >= 11 is 5.55. The molecule has 1 heterocycles. The maximum absolute atomic E-state index is 11.3. The lowest BCUT2D eigenvalue weighted by atomic mass is 10.4. The number of amides is 1. The molecule has 82 valence electrons. The van der Waals surface area contributed by atoms with Gasteiger partial charge in [-0.25, -0.2) is 0 Å². The van der Waals surface area contributed by atoms with Crippen LogP contribution in [0.15, 0.2) is 12.1 Å². The monoisotopic (exact) mass is 228 g/mol. The molecule has 0 aliphatic rings. The second-order valence-corrected chi connectivity index (χ2v) is 3.71. The van der Waals surface area contributed by atoms with Crippen LogP contribution in [0.4, 0.5) is 5.82 Å². The van der Waals surface area contributed by atoms with Gasteiger partial charge in [0.1, 0.15) is 0 Å². The molecule has 1 rings (SSSR count). The fourth-order valence-electron chi connectivity index (χ4n) is 0.867. The zero-order valence-electron chi connectivity index (χ0n) is 8.62. The normalized spacial score (nSPS) is 10.4. The van der Waals surface area contributed by atoms with E-state index in [1.54, 1.807) is 12.1 Å². The van der Waals surface area contributed by atoms with Gasteiger partial charge in [0.2, 0.25) is 5.91 Å². The summed E-state index contributed by atoms with van der Waals surface area (Å²) < 4.78 is 0. The Labute approximate surface area is 93.2 Å². The Bertz CT molecular complexity index is 325. The van der Waals surface area contributed by atoms with E-state index in [-0.39, 0.29) is 18.5 Å². The quantitative estimate of drug-likeness (QED) is 0.809. The summed E-state index contributed by atoms with van der Waals surface area (Å²) in [4.78, 5) is 11.3. The minimum Gasteiger partial charge on any atom is -0.308 e. The molecule has 0 aliphatic carbocycles. The predicted octanol–water partition coefficient (Wildman–Crippen LogP) is 1.07. The third-order valence-corrected chi connectivity index (χ3v) is 1.77. The van der Waals surface area contributed by atoms with Gasteiger partial charge < -0.3 is 10.6 Å². The highest BCUT2D eigenvalue weighted by Gasteiger charge is 2.03. The molecule has 0 aliphatic heterocycles. The molecule has 1 amide bonds. The Morgan fingerprint density at radius 1 is 1.47 bits per heavy atom. The standard InChI is InChI=1S/C9H13ClN4O/c1-6(2)11-5-9(15)12-8-4-3-7(10)13-14-8/h3-4,6,11H,5H2,1-2H3,(H,12,14,15). The van der Waals surface area contributed by atoms with Gasteiger partial charge in [0.05, 0.1) is 6.54 Å². The van der Waals surface area contributed by atoms with Gasteiger partial charge in [0, 0.05) is 6.04 Å². The number of halogens is 1. The minimum absolute atomic E-state index is 0.152. The number of nitrogens with one attached hydrogen (secondary N) is 2. The fraction of sp³-hybridized carbons (Fsp3) is 0.444. The van der Waals surface area contributed by atoms with Crippen LogP contribution in [0.2, 0.25) is 5.15 Å². The summed E-state index contributed by atoms with van der Waals surface area (Å²) in [7, 11) is 0. The molecule has 0 spiro atoms. The first-order valence-corrected chi connectivity index (χ1v) is 4.98.